The van der Waals surface area contributed by atoms with Crippen LogP contribution in [0, 0.1) is 5.92 Å². The van der Waals surface area contributed by atoms with Gasteiger partial charge in [0, 0.05) is 67.9 Å². The molecule has 0 N–H and O–H groups in total. The van der Waals surface area contributed by atoms with Gasteiger partial charge in [0.25, 0.3) is 0 Å². The summed E-state index contributed by atoms with van der Waals surface area (Å²) in [6.45, 7) is 3.66. The lowest BCUT2D eigenvalue weighted by Gasteiger charge is -2.33. The molecule has 0 radical (unpaired) electrons. The molecule has 7 heteroatoms. The fourth-order valence-electron chi connectivity index (χ4n) is 5.30. The van der Waals surface area contributed by atoms with Gasteiger partial charge in [-0.25, -0.2) is 0 Å². The Balaban J connectivity index is 1.24. The van der Waals surface area contributed by atoms with Gasteiger partial charge in [-0.3, -0.25) is 19.3 Å². The second kappa shape index (κ2) is 12.0. The molecular weight excluding hydrogens is 462 g/mol. The Morgan fingerprint density at radius 1 is 0.892 bits per heavy atom. The largest absolute Gasteiger partial charge is 0.342 e. The van der Waals surface area contributed by atoms with Crippen LogP contribution in [0.2, 0.25) is 0 Å². The van der Waals surface area contributed by atoms with Crippen molar-refractivity contribution >= 4 is 17.9 Å². The molecule has 2 aromatic heterocycles. The third kappa shape index (κ3) is 6.34. The van der Waals surface area contributed by atoms with Crippen LogP contribution in [-0.4, -0.2) is 62.6 Å². The first-order valence-electron chi connectivity index (χ1n) is 13.4. The highest BCUT2D eigenvalue weighted by molar-refractivity contribution is 5.93. The second-order valence-corrected chi connectivity index (χ2v) is 10.0. The number of benzene rings is 1. The predicted octanol–water partition coefficient (Wildman–Crippen LogP) is 4.65. The number of piperidine rings is 1. The van der Waals surface area contributed by atoms with Crippen LogP contribution in [0.5, 0.6) is 0 Å². The number of rotatable bonds is 6. The standard InChI is InChI=1S/C30H35N5O2/c36-28(33-19-14-25(15-20-33)30(37)34-17-6-1-2-7-18-34)13-12-27-23-35(22-24-9-4-3-5-10-24)32-29(27)26-11-8-16-31-21-26/h3-5,8-13,16,21,23,25H,1-2,6-7,14-15,17-20,22H2/b13-12+. The smallest absolute Gasteiger partial charge is 0.246 e. The minimum atomic E-state index is -0.0198. The van der Waals surface area contributed by atoms with Crippen molar-refractivity contribution in [3.63, 3.8) is 0 Å². The van der Waals surface area contributed by atoms with Gasteiger partial charge in [-0.15, -0.1) is 0 Å². The van der Waals surface area contributed by atoms with Crippen molar-refractivity contribution < 1.29 is 9.59 Å². The zero-order chi connectivity index (χ0) is 25.5. The zero-order valence-corrected chi connectivity index (χ0v) is 21.3. The number of hydrogen-bond acceptors (Lipinski definition) is 4. The van der Waals surface area contributed by atoms with Crippen molar-refractivity contribution in [1.29, 1.82) is 0 Å². The summed E-state index contributed by atoms with van der Waals surface area (Å²) in [5, 5.41) is 4.80. The van der Waals surface area contributed by atoms with E-state index in [1.165, 1.54) is 12.8 Å². The van der Waals surface area contributed by atoms with E-state index in [9.17, 15) is 9.59 Å². The second-order valence-electron chi connectivity index (χ2n) is 10.0. The maximum atomic E-state index is 13.0. The summed E-state index contributed by atoms with van der Waals surface area (Å²) in [6, 6.07) is 14.1. The van der Waals surface area contributed by atoms with E-state index >= 15 is 0 Å². The van der Waals surface area contributed by atoms with Crippen LogP contribution in [0.15, 0.2) is 67.1 Å². The average Bonchev–Trinajstić information content (AvgIpc) is 3.15. The van der Waals surface area contributed by atoms with Gasteiger partial charge in [0.05, 0.1) is 6.54 Å². The lowest BCUT2D eigenvalue weighted by atomic mass is 9.95. The fraction of sp³-hybridized carbons (Fsp3) is 0.400. The fourth-order valence-corrected chi connectivity index (χ4v) is 5.30. The molecule has 4 heterocycles. The average molecular weight is 498 g/mol. The molecule has 2 aliphatic heterocycles. The molecule has 0 aliphatic carbocycles. The van der Waals surface area contributed by atoms with Crippen molar-refractivity contribution in [2.24, 2.45) is 5.92 Å². The van der Waals surface area contributed by atoms with Crippen LogP contribution in [0.25, 0.3) is 17.3 Å². The lowest BCUT2D eigenvalue weighted by molar-refractivity contribution is -0.139. The van der Waals surface area contributed by atoms with E-state index in [-0.39, 0.29) is 17.7 Å². The highest BCUT2D eigenvalue weighted by Crippen LogP contribution is 2.25. The monoisotopic (exact) mass is 497 g/mol. The van der Waals surface area contributed by atoms with Gasteiger partial charge in [0.15, 0.2) is 0 Å². The maximum Gasteiger partial charge on any atom is 0.246 e. The summed E-state index contributed by atoms with van der Waals surface area (Å²) < 4.78 is 1.90. The summed E-state index contributed by atoms with van der Waals surface area (Å²) in [4.78, 5) is 34.2. The number of amides is 2. The van der Waals surface area contributed by atoms with Gasteiger partial charge in [-0.1, -0.05) is 43.2 Å². The van der Waals surface area contributed by atoms with Crippen molar-refractivity contribution in [3.05, 3.63) is 78.3 Å². The van der Waals surface area contributed by atoms with Crippen LogP contribution in [0.1, 0.15) is 49.7 Å². The molecule has 2 saturated heterocycles. The van der Waals surface area contributed by atoms with E-state index in [2.05, 4.69) is 22.0 Å². The van der Waals surface area contributed by atoms with Gasteiger partial charge in [0.1, 0.15) is 5.69 Å². The molecule has 7 nitrogen and oxygen atoms in total. The van der Waals surface area contributed by atoms with Crippen LogP contribution >= 0.6 is 0 Å². The number of carbonyl (C=O) groups excluding carboxylic acids is 2. The van der Waals surface area contributed by atoms with Crippen LogP contribution in [0.4, 0.5) is 0 Å². The number of carbonyl (C=O) groups is 2. The van der Waals surface area contributed by atoms with E-state index in [4.69, 9.17) is 5.10 Å². The van der Waals surface area contributed by atoms with Gasteiger partial charge in [0.2, 0.25) is 11.8 Å². The van der Waals surface area contributed by atoms with Crippen LogP contribution < -0.4 is 0 Å². The number of likely N-dealkylation sites (tertiary alicyclic amines) is 2. The Morgan fingerprint density at radius 3 is 2.35 bits per heavy atom. The first-order chi connectivity index (χ1) is 18.2. The third-order valence-electron chi connectivity index (χ3n) is 7.39. The summed E-state index contributed by atoms with van der Waals surface area (Å²) in [6.07, 6.45) is 15.1. The van der Waals surface area contributed by atoms with E-state index in [1.807, 2.05) is 52.2 Å². The third-order valence-corrected chi connectivity index (χ3v) is 7.39. The molecule has 0 saturated carbocycles. The van der Waals surface area contributed by atoms with Gasteiger partial charge < -0.3 is 9.80 Å². The van der Waals surface area contributed by atoms with Crippen molar-refractivity contribution in [3.8, 4) is 11.3 Å². The van der Waals surface area contributed by atoms with E-state index in [0.29, 0.717) is 19.6 Å². The lowest BCUT2D eigenvalue weighted by Crippen LogP contribution is -2.44. The van der Waals surface area contributed by atoms with Crippen LogP contribution in [0.3, 0.4) is 0 Å². The predicted molar refractivity (Wildman–Crippen MR) is 144 cm³/mol. The van der Waals surface area contributed by atoms with Gasteiger partial charge in [-0.2, -0.15) is 5.10 Å². The van der Waals surface area contributed by atoms with E-state index in [0.717, 1.165) is 61.2 Å². The molecule has 1 aromatic carbocycles. The first-order valence-corrected chi connectivity index (χ1v) is 13.4. The maximum absolute atomic E-state index is 13.0. The molecule has 5 rings (SSSR count). The van der Waals surface area contributed by atoms with E-state index in [1.54, 1.807) is 18.5 Å². The Hall–Kier alpha value is -3.74. The normalized spacial score (nSPS) is 17.2. The van der Waals surface area contributed by atoms with Crippen LogP contribution in [-0.2, 0) is 16.1 Å². The number of hydrogen-bond donors (Lipinski definition) is 0. The molecule has 37 heavy (non-hydrogen) atoms. The highest BCUT2D eigenvalue weighted by atomic mass is 16.2. The summed E-state index contributed by atoms with van der Waals surface area (Å²) in [7, 11) is 0. The summed E-state index contributed by atoms with van der Waals surface area (Å²) >= 11 is 0. The molecule has 0 unspecified atom stereocenters. The van der Waals surface area contributed by atoms with Gasteiger partial charge >= 0.3 is 0 Å². The van der Waals surface area contributed by atoms with Crippen molar-refractivity contribution in [2.75, 3.05) is 26.2 Å². The summed E-state index contributed by atoms with van der Waals surface area (Å²) in [5.74, 6) is 0.310. The molecule has 0 spiro atoms. The minimum Gasteiger partial charge on any atom is -0.342 e. The summed E-state index contributed by atoms with van der Waals surface area (Å²) in [5.41, 5.74) is 3.75. The highest BCUT2D eigenvalue weighted by Gasteiger charge is 2.30. The first kappa shape index (κ1) is 24.9. The number of nitrogens with zero attached hydrogens (tertiary/aromatic N) is 5. The molecule has 0 bridgehead atoms. The Morgan fingerprint density at radius 2 is 1.65 bits per heavy atom. The van der Waals surface area contributed by atoms with Crippen molar-refractivity contribution in [2.45, 2.75) is 45.1 Å². The Kier molecular flexibility index (Phi) is 8.08. The molecule has 2 amide bonds. The molecule has 0 atom stereocenters. The quantitative estimate of drug-likeness (QED) is 0.465. The Bertz CT molecular complexity index is 1210. The van der Waals surface area contributed by atoms with Crippen molar-refractivity contribution in [1.82, 2.24) is 24.6 Å². The van der Waals surface area contributed by atoms with E-state index < -0.39 is 0 Å². The molecule has 192 valence electrons. The number of pyridine rings is 1. The molecule has 2 fully saturated rings. The molecular formula is C30H35N5O2. The molecule has 3 aromatic rings. The zero-order valence-electron chi connectivity index (χ0n) is 21.3. The minimum absolute atomic E-state index is 0.0198. The molecule has 2 aliphatic rings. The van der Waals surface area contributed by atoms with Gasteiger partial charge in [-0.05, 0) is 49.5 Å². The SMILES string of the molecule is O=C(/C=C/c1cn(Cc2ccccc2)nc1-c1cccnc1)N1CCC(C(=O)N2CCCCCC2)CC1. The number of aromatic nitrogens is 3. The topological polar surface area (TPSA) is 71.3 Å². The Labute approximate surface area is 218 Å².